The van der Waals surface area contributed by atoms with Gasteiger partial charge in [0.05, 0.1) is 68.6 Å². The molecular formula is C103H166N10O35S2. The number of allylic oxidation sites excluding steroid dienone is 6. The monoisotopic (exact) mass is 2170 g/mol. The number of carboxylic acids is 3. The van der Waals surface area contributed by atoms with Gasteiger partial charge in [-0.05, 0) is 203 Å². The number of carbonyl (C=O) groups excluding carboxylic acids is 15. The van der Waals surface area contributed by atoms with Crippen molar-refractivity contribution in [1.29, 1.82) is 0 Å². The van der Waals surface area contributed by atoms with Crippen molar-refractivity contribution in [2.75, 3.05) is 85.4 Å². The zero-order valence-corrected chi connectivity index (χ0v) is 90.1. The Morgan fingerprint density at radius 2 is 1.03 bits per heavy atom. The lowest BCUT2D eigenvalue weighted by atomic mass is 9.74. The third-order valence-corrected chi connectivity index (χ3v) is 29.9. The molecule has 20 N–H and O–H groups in total. The quantitative estimate of drug-likeness (QED) is 0.0136. The zero-order chi connectivity index (χ0) is 112. The van der Waals surface area contributed by atoms with Crippen LogP contribution in [-0.2, 0) is 110 Å². The molecule has 2 saturated heterocycles. The number of Topliss-reactive ketones (excluding diaryl/α,β-unsaturated/α-hetero) is 4. The molecule has 4 rings (SSSR count). The summed E-state index contributed by atoms with van der Waals surface area (Å²) in [7, 11) is 6.07. The van der Waals surface area contributed by atoms with Crippen LogP contribution in [0.25, 0.3) is 0 Å². The van der Waals surface area contributed by atoms with Gasteiger partial charge in [-0.15, -0.1) is 0 Å². The molecule has 0 aromatic heterocycles. The lowest BCUT2D eigenvalue weighted by molar-refractivity contribution is -0.265. The molecule has 0 unspecified atom stereocenters. The van der Waals surface area contributed by atoms with Gasteiger partial charge >= 0.3 is 24.1 Å². The summed E-state index contributed by atoms with van der Waals surface area (Å²) in [5.74, 6) is -24.1. The highest BCUT2D eigenvalue weighted by Gasteiger charge is 2.53. The van der Waals surface area contributed by atoms with Crippen LogP contribution in [0, 0.1) is 41.4 Å². The molecule has 47 heteroatoms. The summed E-state index contributed by atoms with van der Waals surface area (Å²) in [6.45, 7) is 11.4. The minimum atomic E-state index is -2.53. The van der Waals surface area contributed by atoms with Gasteiger partial charge in [0, 0.05) is 135 Å². The summed E-state index contributed by atoms with van der Waals surface area (Å²) in [5, 5.41) is 132. The van der Waals surface area contributed by atoms with Gasteiger partial charge in [-0.1, -0.05) is 92.7 Å². The minimum Gasteiger partial charge on any atom is -0.481 e. The molecule has 3 fully saturated rings. The Morgan fingerprint density at radius 1 is 0.540 bits per heavy atom. The molecule has 0 spiro atoms. The second kappa shape index (κ2) is 71.3. The van der Waals surface area contributed by atoms with Crippen molar-refractivity contribution in [2.24, 2.45) is 41.4 Å². The lowest BCUT2D eigenvalue weighted by Crippen LogP contribution is -2.60. The predicted molar refractivity (Wildman–Crippen MR) is 550 cm³/mol. The summed E-state index contributed by atoms with van der Waals surface area (Å²) in [5.41, 5.74) is 0.955. The average molecular weight is 2170 g/mol. The number of ether oxygens (including phenoxy) is 6. The number of ketones is 4. The number of hydrogen-bond acceptors (Lipinski definition) is 34. The van der Waals surface area contributed by atoms with E-state index in [-0.39, 0.29) is 125 Å². The van der Waals surface area contributed by atoms with Crippen molar-refractivity contribution in [2.45, 2.75) is 364 Å². The van der Waals surface area contributed by atoms with E-state index in [4.69, 9.17) is 33.5 Å². The van der Waals surface area contributed by atoms with Crippen molar-refractivity contribution < 1.29 is 171 Å². The van der Waals surface area contributed by atoms with Crippen LogP contribution in [0.5, 0.6) is 0 Å². The molecule has 3 aliphatic heterocycles. The molecule has 150 heavy (non-hydrogen) atoms. The normalized spacial score (nSPS) is 25.1. The summed E-state index contributed by atoms with van der Waals surface area (Å²) in [4.78, 5) is 252. The Morgan fingerprint density at radius 3 is 1.49 bits per heavy atom. The Kier molecular flexibility index (Phi) is 63.0. The molecule has 3 heterocycles. The molecule has 0 aromatic rings. The number of aliphatic hydroxyl groups is 8. The first-order valence-electron chi connectivity index (χ1n) is 52.2. The molecule has 45 nitrogen and oxygen atoms in total. The van der Waals surface area contributed by atoms with Crippen LogP contribution in [0.4, 0.5) is 4.79 Å². The number of fused-ring (bicyclic) bond motifs is 3. The molecule has 1 aliphatic carbocycles. The highest BCUT2D eigenvalue weighted by atomic mass is 33.1. The number of hydrogen-bond donors (Lipinski definition) is 20. The fourth-order valence-electron chi connectivity index (χ4n) is 18.4. The maximum atomic E-state index is 15.1. The first-order chi connectivity index (χ1) is 71.1. The third-order valence-electron chi connectivity index (χ3n) is 27.5. The van der Waals surface area contributed by atoms with Gasteiger partial charge < -0.3 is 137 Å². The van der Waals surface area contributed by atoms with E-state index >= 15 is 9.59 Å². The molecule has 24 atom stereocenters. The van der Waals surface area contributed by atoms with Gasteiger partial charge in [0.2, 0.25) is 59.0 Å². The van der Waals surface area contributed by atoms with Crippen LogP contribution in [0.15, 0.2) is 47.6 Å². The van der Waals surface area contributed by atoms with Crippen molar-refractivity contribution in [3.8, 4) is 0 Å². The maximum absolute atomic E-state index is 15.1. The largest absolute Gasteiger partial charge is 0.509 e. The topological polar surface area (TPSA) is 697 Å². The highest BCUT2D eigenvalue weighted by Crippen LogP contribution is 2.40. The van der Waals surface area contributed by atoms with E-state index in [9.17, 15) is 128 Å². The Bertz CT molecular complexity index is 4470. The number of nitrogens with zero attached hydrogens (tertiary/aromatic N) is 1. The number of piperidine rings is 1. The van der Waals surface area contributed by atoms with E-state index in [2.05, 4.69) is 47.9 Å². The van der Waals surface area contributed by atoms with E-state index in [1.165, 1.54) is 39.2 Å². The molecule has 0 aromatic carbocycles. The van der Waals surface area contributed by atoms with Crippen LogP contribution in [0.2, 0.25) is 0 Å². The molecular weight excluding hydrogens is 2000 g/mol. The number of nitrogens with one attached hydrogen (secondary N) is 9. The molecule has 0 radical (unpaired) electrons. The third kappa shape index (κ3) is 49.1. The Labute approximate surface area is 885 Å². The summed E-state index contributed by atoms with van der Waals surface area (Å²) >= 11 is 0. The van der Waals surface area contributed by atoms with Gasteiger partial charge in [0.1, 0.15) is 48.6 Å². The van der Waals surface area contributed by atoms with E-state index in [1.54, 1.807) is 39.0 Å². The highest BCUT2D eigenvalue weighted by molar-refractivity contribution is 8.76. The fraction of sp³-hybridized carbons (Fsp3) is 0.748. The summed E-state index contributed by atoms with van der Waals surface area (Å²) in [6, 6.07) is -12.2. The number of carboxylic acid groups (broad SMARTS) is 3. The smallest absolute Gasteiger partial charge is 0.481 e. The number of aliphatic carboxylic acids is 3. The van der Waals surface area contributed by atoms with Crippen LogP contribution in [-0.4, -0.2) is 356 Å². The second-order valence-electron chi connectivity index (χ2n) is 39.8. The number of carbonyl (C=O) groups is 18. The first-order valence-corrected chi connectivity index (χ1v) is 54.6. The SMILES string of the molecule is CO[C@H]1C[C@@H]2CC[C@@H](C)[C@@](O)(O2)C(=O)C(=O)N2CCCC[C@H]2C(=O)C[C@H]([C@H](C)C[C@@H]2CC[C@@H](O)[C@H](OC)C2)CC(=O)[C@H](C)/C=C(\C)[C@@H](OC(=O)OCCSSC[C@H](NC(=O)[C@H](CCC(=O)NCCCC[C@H](O)CO)NC(=O)[C@H](CCC(=O)O)NC(=O)[C@H](CCC(=O)NCCCC[C@H](O)CO)NC(=O)[C@H](CCC(=O)O)NC(=O)[C@H](CCC(=O)NCCCC[C@H](O)CO)NC(C)=O)C(=O)O)[C@@H](OC)C(=O)[C@H](C)C[C@H](C)/C=C/C=CC=C1C. The van der Waals surface area contributed by atoms with E-state index in [0.717, 1.165) is 34.1 Å². The Hall–Kier alpha value is -9.76. The Balaban J connectivity index is 1.69. The van der Waals surface area contributed by atoms with Crippen LogP contribution in [0.3, 0.4) is 0 Å². The lowest BCUT2D eigenvalue weighted by Gasteiger charge is -2.43. The molecule has 10 amide bonds. The number of aliphatic hydroxyl groups excluding tert-OH is 7. The van der Waals surface area contributed by atoms with Crippen molar-refractivity contribution in [3.63, 3.8) is 0 Å². The first kappa shape index (κ1) is 133. The number of rotatable bonds is 58. The van der Waals surface area contributed by atoms with Gasteiger partial charge in [-0.2, -0.15) is 0 Å². The standard InChI is InChI=1S/C103H166N10O35S2/c1-60-23-13-12-14-24-61(2)84(143-9)55-73-31-29-66(7)103(142,148-73)94(132)100(138)113-46-22-18-28-80(113)83(123)54-69(62(3)51-68-30-37-81(121)85(52-68)144-10)53-82(122)63(4)50-65(6)92(93(145-11)91(131)64(5)49-60)147-102(141)146-47-48-149-150-59-79(101(139)140)112-99(137)76(34-40-88(126)106-45-21-17-27-72(120)58-116)109-98(136)78(36-42-90(129)130)111-96(134)75(33-39-87(125)105-44-20-16-26-71(119)57-115)108-97(135)77(35-41-89(127)128)110-95(133)74(107-67(8)117)32-38-86(124)104-43-19-15-25-70(118)56-114/h12-14,23-24,50,60,62-64,66,68-81,84-85,92-93,114-116,118-121,142H,15-22,25-49,51-59H2,1-11H3,(H,104,124)(H,105,125)(H,106,126)(H,107,117)(H,108,135)(H,109,136)(H,110,133)(H,111,134)(H,112,137)(H,127,128)(H,129,130)(H,139,140)/b14-12?,23-13+,61-24?,65-50+/t60-,62-,63-,64-,66-,68+,69-,70+,71+,72+,73+,74+,75+,76+,77+,78+,79+,80+,81-,84+,85-,92-,93+,103-/m1/s1. The van der Waals surface area contributed by atoms with Crippen molar-refractivity contribution in [3.05, 3.63) is 47.6 Å². The van der Waals surface area contributed by atoms with Gasteiger partial charge in [0.15, 0.2) is 23.8 Å². The van der Waals surface area contributed by atoms with Crippen LogP contribution >= 0.6 is 21.6 Å². The zero-order valence-electron chi connectivity index (χ0n) is 88.4. The van der Waals surface area contributed by atoms with Gasteiger partial charge in [0.25, 0.3) is 11.7 Å². The predicted octanol–water partition coefficient (Wildman–Crippen LogP) is 3.39. The molecule has 4 aliphatic rings. The molecule has 2 bridgehead atoms. The fourth-order valence-corrected chi connectivity index (χ4v) is 20.4. The van der Waals surface area contributed by atoms with Gasteiger partial charge in [-0.25, -0.2) is 9.59 Å². The van der Waals surface area contributed by atoms with Crippen LogP contribution in [0.1, 0.15) is 261 Å². The van der Waals surface area contributed by atoms with Crippen molar-refractivity contribution in [1.82, 2.24) is 52.8 Å². The van der Waals surface area contributed by atoms with Crippen LogP contribution < -0.4 is 47.9 Å². The maximum Gasteiger partial charge on any atom is 0.509 e. The minimum absolute atomic E-state index is 0.00812. The average Bonchev–Trinajstić information content (AvgIpc) is 0.769. The van der Waals surface area contributed by atoms with E-state index < -0.39 is 311 Å². The van der Waals surface area contributed by atoms with E-state index in [0.29, 0.717) is 89.9 Å². The van der Waals surface area contributed by atoms with Crippen molar-refractivity contribution >= 4 is 128 Å². The second-order valence-corrected chi connectivity index (χ2v) is 42.4. The number of methoxy groups -OCH3 is 3. The van der Waals surface area contributed by atoms with Gasteiger partial charge in [-0.3, -0.25) is 76.7 Å². The number of unbranched alkanes of at least 4 members (excludes halogenated alkanes) is 3. The molecule has 1 saturated carbocycles. The summed E-state index contributed by atoms with van der Waals surface area (Å²) in [6.07, 6.45) is 1.23. The summed E-state index contributed by atoms with van der Waals surface area (Å²) < 4.78 is 35.3. The number of amides is 10. The molecule has 850 valence electrons. The van der Waals surface area contributed by atoms with E-state index in [1.807, 2.05) is 32.9 Å².